The monoisotopic (exact) mass is 581 g/mol. The second-order valence-electron chi connectivity index (χ2n) is 10.4. The fourth-order valence-corrected chi connectivity index (χ4v) is 6.22. The van der Waals surface area contributed by atoms with E-state index in [1.165, 1.54) is 0 Å². The van der Waals surface area contributed by atoms with Crippen LogP contribution in [-0.2, 0) is 9.59 Å². The molecule has 0 saturated carbocycles. The molecule has 0 aliphatic carbocycles. The summed E-state index contributed by atoms with van der Waals surface area (Å²) in [7, 11) is 0. The summed E-state index contributed by atoms with van der Waals surface area (Å²) in [5.41, 5.74) is 1.92. The lowest BCUT2D eigenvalue weighted by Gasteiger charge is -2.41. The summed E-state index contributed by atoms with van der Waals surface area (Å²) in [5, 5.41) is 10.4. The maximum atomic E-state index is 13.1. The molecule has 9 heteroatoms. The highest BCUT2D eigenvalue weighted by atomic mass is 35.5. The van der Waals surface area contributed by atoms with Gasteiger partial charge >= 0.3 is 0 Å². The molecule has 7 nitrogen and oxygen atoms in total. The van der Waals surface area contributed by atoms with Crippen LogP contribution in [0.5, 0.6) is 0 Å². The first-order valence-corrected chi connectivity index (χ1v) is 15.8. The number of nitrogens with zero attached hydrogens (tertiary/aromatic N) is 5. The van der Waals surface area contributed by atoms with Gasteiger partial charge in [-0.1, -0.05) is 68.3 Å². The van der Waals surface area contributed by atoms with Crippen molar-refractivity contribution >= 4 is 35.2 Å². The molecule has 0 N–H and O–H groups in total. The van der Waals surface area contributed by atoms with Gasteiger partial charge in [0.05, 0.1) is 0 Å². The maximum Gasteiger partial charge on any atom is 0.226 e. The van der Waals surface area contributed by atoms with E-state index in [0.717, 1.165) is 60.1 Å². The first-order valence-electron chi connectivity index (χ1n) is 14.4. The zero-order chi connectivity index (χ0) is 28.5. The van der Waals surface area contributed by atoms with Crippen LogP contribution in [0.3, 0.4) is 0 Å². The number of aromatic nitrogens is 3. The number of amides is 2. The zero-order valence-corrected chi connectivity index (χ0v) is 25.3. The van der Waals surface area contributed by atoms with Gasteiger partial charge in [-0.3, -0.25) is 14.2 Å². The molecule has 2 amide bonds. The van der Waals surface area contributed by atoms with E-state index < -0.39 is 0 Å². The molecule has 2 unspecified atom stereocenters. The van der Waals surface area contributed by atoms with Gasteiger partial charge in [-0.15, -0.1) is 10.2 Å². The van der Waals surface area contributed by atoms with Crippen LogP contribution in [0.15, 0.2) is 59.8 Å². The van der Waals surface area contributed by atoms with E-state index in [9.17, 15) is 9.59 Å². The summed E-state index contributed by atoms with van der Waals surface area (Å²) in [4.78, 5) is 30.1. The number of rotatable bonds is 12. The predicted molar refractivity (Wildman–Crippen MR) is 163 cm³/mol. The molecule has 0 radical (unpaired) electrons. The number of para-hydroxylation sites is 1. The first kappa shape index (κ1) is 30.1. The average Bonchev–Trinajstić information content (AvgIpc) is 3.40. The average molecular weight is 582 g/mol. The number of thioether (sulfide) groups is 1. The minimum Gasteiger partial charge on any atom is -0.339 e. The van der Waals surface area contributed by atoms with Gasteiger partial charge in [-0.25, -0.2) is 0 Å². The van der Waals surface area contributed by atoms with Crippen molar-refractivity contribution in [1.82, 2.24) is 24.6 Å². The lowest BCUT2D eigenvalue weighted by molar-refractivity contribution is -0.145. The van der Waals surface area contributed by atoms with Crippen molar-refractivity contribution in [2.24, 2.45) is 5.92 Å². The third-order valence-corrected chi connectivity index (χ3v) is 8.79. The normalized spacial score (nSPS) is 16.2. The van der Waals surface area contributed by atoms with Gasteiger partial charge < -0.3 is 9.80 Å². The number of hydrogen-bond acceptors (Lipinski definition) is 5. The van der Waals surface area contributed by atoms with Crippen molar-refractivity contribution < 1.29 is 9.59 Å². The highest BCUT2D eigenvalue weighted by Crippen LogP contribution is 2.29. The van der Waals surface area contributed by atoms with Gasteiger partial charge in [0.15, 0.2) is 11.0 Å². The number of piperazine rings is 1. The summed E-state index contributed by atoms with van der Waals surface area (Å²) in [5.74, 6) is 2.01. The van der Waals surface area contributed by atoms with Crippen molar-refractivity contribution in [2.75, 3.05) is 25.4 Å². The van der Waals surface area contributed by atoms with Crippen LogP contribution in [0.4, 0.5) is 0 Å². The lowest BCUT2D eigenvalue weighted by atomic mass is 9.96. The van der Waals surface area contributed by atoms with E-state index in [4.69, 9.17) is 11.6 Å². The highest BCUT2D eigenvalue weighted by Gasteiger charge is 2.32. The van der Waals surface area contributed by atoms with Crippen LogP contribution in [0.25, 0.3) is 17.1 Å². The molecule has 1 aliphatic rings. The van der Waals surface area contributed by atoms with Crippen molar-refractivity contribution in [2.45, 2.75) is 70.5 Å². The predicted octanol–water partition coefficient (Wildman–Crippen LogP) is 6.74. The summed E-state index contributed by atoms with van der Waals surface area (Å²) in [6, 6.07) is 17.7. The molecule has 40 heavy (non-hydrogen) atoms. The SMILES string of the molecule is CCCCC(CC)C(=O)N1CCN(C(=O)CCCSc2nnc(-c3ccc(Cl)cc3)n2-c2ccccc2)CC1C. The first-order chi connectivity index (χ1) is 19.4. The summed E-state index contributed by atoms with van der Waals surface area (Å²) >= 11 is 7.70. The van der Waals surface area contributed by atoms with Gasteiger partial charge in [0.2, 0.25) is 11.8 Å². The Balaban J connectivity index is 1.32. The lowest BCUT2D eigenvalue weighted by Crippen LogP contribution is -2.56. The van der Waals surface area contributed by atoms with Crippen LogP contribution >= 0.6 is 23.4 Å². The molecule has 0 spiro atoms. The standard InChI is InChI=1S/C31H40ClN5O2S/c1-4-6-11-24(5-2)30(39)36-20-19-35(22-23(36)3)28(38)14-10-21-40-31-34-33-29(25-15-17-26(32)18-16-25)37(31)27-12-8-7-9-13-27/h7-9,12-13,15-18,23-24H,4-6,10-11,14,19-22H2,1-3H3. The Kier molecular flexibility index (Phi) is 11.1. The van der Waals surface area contributed by atoms with Crippen LogP contribution in [0, 0.1) is 5.92 Å². The maximum absolute atomic E-state index is 13.1. The largest absolute Gasteiger partial charge is 0.339 e. The second kappa shape index (κ2) is 14.7. The number of unbranched alkanes of at least 4 members (excludes halogenated alkanes) is 1. The van der Waals surface area contributed by atoms with Gasteiger partial charge in [-0.2, -0.15) is 0 Å². The Labute approximate surface area is 247 Å². The second-order valence-corrected chi connectivity index (χ2v) is 11.9. The molecule has 2 heterocycles. The van der Waals surface area contributed by atoms with Gasteiger partial charge in [0.25, 0.3) is 0 Å². The molecule has 1 aromatic heterocycles. The van der Waals surface area contributed by atoms with E-state index in [0.29, 0.717) is 31.1 Å². The Morgan fingerprint density at radius 3 is 2.45 bits per heavy atom. The van der Waals surface area contributed by atoms with E-state index >= 15 is 0 Å². The molecular formula is C31H40ClN5O2S. The summed E-state index contributed by atoms with van der Waals surface area (Å²) < 4.78 is 2.05. The zero-order valence-electron chi connectivity index (χ0n) is 23.8. The molecule has 0 bridgehead atoms. The number of halogens is 1. The van der Waals surface area contributed by atoms with Crippen molar-refractivity contribution in [1.29, 1.82) is 0 Å². The third kappa shape index (κ3) is 7.46. The molecule has 214 valence electrons. The Hall–Kier alpha value is -2.84. The molecular weight excluding hydrogens is 542 g/mol. The van der Waals surface area contributed by atoms with Gasteiger partial charge in [0.1, 0.15) is 0 Å². The third-order valence-electron chi connectivity index (χ3n) is 7.53. The molecule has 2 atom stereocenters. The van der Waals surface area contributed by atoms with Crippen LogP contribution in [0.1, 0.15) is 59.3 Å². The fourth-order valence-electron chi connectivity index (χ4n) is 5.20. The molecule has 1 aliphatic heterocycles. The summed E-state index contributed by atoms with van der Waals surface area (Å²) in [6.45, 7) is 8.16. The quantitative estimate of drug-likeness (QED) is 0.175. The number of carbonyl (C=O) groups excluding carboxylic acids is 2. The van der Waals surface area contributed by atoms with E-state index in [1.807, 2.05) is 64.4 Å². The molecule has 4 rings (SSSR count). The van der Waals surface area contributed by atoms with Crippen LogP contribution in [-0.4, -0.2) is 67.8 Å². The topological polar surface area (TPSA) is 71.3 Å². The molecule has 1 saturated heterocycles. The van der Waals surface area contributed by atoms with Crippen LogP contribution in [0.2, 0.25) is 5.02 Å². The minimum absolute atomic E-state index is 0.0472. The van der Waals surface area contributed by atoms with Crippen LogP contribution < -0.4 is 0 Å². The van der Waals surface area contributed by atoms with Crippen molar-refractivity contribution in [3.63, 3.8) is 0 Å². The fraction of sp³-hybridized carbons (Fsp3) is 0.484. The van der Waals surface area contributed by atoms with E-state index in [1.54, 1.807) is 11.8 Å². The number of benzene rings is 2. The summed E-state index contributed by atoms with van der Waals surface area (Å²) in [6.07, 6.45) is 5.23. The highest BCUT2D eigenvalue weighted by molar-refractivity contribution is 7.99. The smallest absolute Gasteiger partial charge is 0.226 e. The number of hydrogen-bond donors (Lipinski definition) is 0. The number of carbonyl (C=O) groups is 2. The Morgan fingerprint density at radius 1 is 1.02 bits per heavy atom. The molecule has 2 aromatic carbocycles. The molecule has 1 fully saturated rings. The van der Waals surface area contributed by atoms with Gasteiger partial charge in [-0.05, 0) is 62.6 Å². The van der Waals surface area contributed by atoms with Crippen molar-refractivity contribution in [3.05, 3.63) is 59.6 Å². The van der Waals surface area contributed by atoms with E-state index in [2.05, 4.69) is 35.5 Å². The van der Waals surface area contributed by atoms with Crippen molar-refractivity contribution in [3.8, 4) is 17.1 Å². The molecule has 3 aromatic rings. The minimum atomic E-state index is 0.0472. The Morgan fingerprint density at radius 2 is 1.77 bits per heavy atom. The Bertz CT molecular complexity index is 1250. The van der Waals surface area contributed by atoms with E-state index in [-0.39, 0.29) is 23.8 Å². The van der Waals surface area contributed by atoms with Gasteiger partial charge in [0, 0.05) is 60.0 Å².